The van der Waals surface area contributed by atoms with Gasteiger partial charge >= 0.3 is 0 Å². The SMILES string of the molecule is Cc1cc(C)cc(CC2(N)CCCCc3ccccc32)c1. The minimum atomic E-state index is -0.215. The van der Waals surface area contributed by atoms with E-state index in [2.05, 4.69) is 56.3 Å². The molecule has 1 nitrogen and oxygen atoms in total. The fraction of sp³-hybridized carbons (Fsp3) is 0.400. The van der Waals surface area contributed by atoms with E-state index in [0.717, 1.165) is 12.8 Å². The molecule has 1 heteroatoms. The van der Waals surface area contributed by atoms with Gasteiger partial charge in [0.25, 0.3) is 0 Å². The molecule has 0 aromatic heterocycles. The number of nitrogens with two attached hydrogens (primary N) is 1. The fourth-order valence-corrected chi connectivity index (χ4v) is 3.83. The fourth-order valence-electron chi connectivity index (χ4n) is 3.83. The van der Waals surface area contributed by atoms with Gasteiger partial charge in [0, 0.05) is 5.54 Å². The van der Waals surface area contributed by atoms with Gasteiger partial charge in [-0.25, -0.2) is 0 Å². The third-order valence-corrected chi connectivity index (χ3v) is 4.67. The molecule has 0 radical (unpaired) electrons. The van der Waals surface area contributed by atoms with Crippen molar-refractivity contribution in [2.75, 3.05) is 0 Å². The van der Waals surface area contributed by atoms with Crippen molar-refractivity contribution in [3.05, 3.63) is 70.3 Å². The zero-order valence-corrected chi connectivity index (χ0v) is 13.2. The summed E-state index contributed by atoms with van der Waals surface area (Å²) >= 11 is 0. The van der Waals surface area contributed by atoms with Crippen LogP contribution in [0.5, 0.6) is 0 Å². The minimum absolute atomic E-state index is 0.215. The lowest BCUT2D eigenvalue weighted by atomic mass is 9.80. The predicted molar refractivity (Wildman–Crippen MR) is 89.5 cm³/mol. The summed E-state index contributed by atoms with van der Waals surface area (Å²) in [7, 11) is 0. The van der Waals surface area contributed by atoms with Crippen LogP contribution in [0.1, 0.15) is 47.1 Å². The first-order valence-electron chi connectivity index (χ1n) is 8.01. The van der Waals surface area contributed by atoms with Crippen molar-refractivity contribution < 1.29 is 0 Å². The highest BCUT2D eigenvalue weighted by molar-refractivity contribution is 5.38. The number of fused-ring (bicyclic) bond motifs is 1. The smallest absolute Gasteiger partial charge is 0.0453 e. The summed E-state index contributed by atoms with van der Waals surface area (Å²) in [6.45, 7) is 4.33. The molecule has 2 aromatic rings. The van der Waals surface area contributed by atoms with Crippen LogP contribution in [-0.2, 0) is 18.4 Å². The average Bonchev–Trinajstić information content (AvgIpc) is 2.58. The Morgan fingerprint density at radius 1 is 1.00 bits per heavy atom. The number of benzene rings is 2. The van der Waals surface area contributed by atoms with Crippen molar-refractivity contribution in [3.63, 3.8) is 0 Å². The summed E-state index contributed by atoms with van der Waals surface area (Å²) in [5, 5.41) is 0. The largest absolute Gasteiger partial charge is 0.321 e. The first kappa shape index (κ1) is 14.3. The van der Waals surface area contributed by atoms with E-state index in [-0.39, 0.29) is 5.54 Å². The van der Waals surface area contributed by atoms with Gasteiger partial charge in [0.1, 0.15) is 0 Å². The van der Waals surface area contributed by atoms with E-state index < -0.39 is 0 Å². The Bertz CT molecular complexity index is 624. The maximum atomic E-state index is 6.90. The lowest BCUT2D eigenvalue weighted by molar-refractivity contribution is 0.398. The molecule has 1 unspecified atom stereocenters. The summed E-state index contributed by atoms with van der Waals surface area (Å²) in [4.78, 5) is 0. The Labute approximate surface area is 128 Å². The molecule has 0 heterocycles. The normalized spacial score (nSPS) is 21.7. The molecule has 110 valence electrons. The highest BCUT2D eigenvalue weighted by atomic mass is 14.7. The third-order valence-electron chi connectivity index (χ3n) is 4.67. The molecule has 0 amide bonds. The zero-order valence-electron chi connectivity index (χ0n) is 13.2. The molecule has 0 saturated heterocycles. The molecule has 21 heavy (non-hydrogen) atoms. The van der Waals surface area contributed by atoms with Crippen molar-refractivity contribution in [2.45, 2.75) is 51.5 Å². The van der Waals surface area contributed by atoms with Crippen LogP contribution in [0.4, 0.5) is 0 Å². The molecule has 0 fully saturated rings. The highest BCUT2D eigenvalue weighted by Crippen LogP contribution is 2.35. The molecule has 1 aliphatic rings. The number of rotatable bonds is 2. The summed E-state index contributed by atoms with van der Waals surface area (Å²) < 4.78 is 0. The van der Waals surface area contributed by atoms with Crippen LogP contribution in [0, 0.1) is 13.8 Å². The van der Waals surface area contributed by atoms with Gasteiger partial charge in [-0.05, 0) is 56.2 Å². The molecule has 1 atom stereocenters. The van der Waals surface area contributed by atoms with Gasteiger partial charge in [-0.2, -0.15) is 0 Å². The van der Waals surface area contributed by atoms with E-state index in [1.807, 2.05) is 0 Å². The van der Waals surface area contributed by atoms with Gasteiger partial charge < -0.3 is 5.73 Å². The maximum Gasteiger partial charge on any atom is 0.0453 e. The Balaban J connectivity index is 1.99. The van der Waals surface area contributed by atoms with E-state index in [9.17, 15) is 0 Å². The van der Waals surface area contributed by atoms with Crippen LogP contribution >= 0.6 is 0 Å². The lowest BCUT2D eigenvalue weighted by Crippen LogP contribution is -2.39. The molecule has 0 aliphatic heterocycles. The Morgan fingerprint density at radius 3 is 2.48 bits per heavy atom. The molecule has 2 aromatic carbocycles. The second kappa shape index (κ2) is 5.65. The van der Waals surface area contributed by atoms with Crippen LogP contribution in [-0.4, -0.2) is 0 Å². The summed E-state index contributed by atoms with van der Waals surface area (Å²) in [5.41, 5.74) is 13.5. The van der Waals surface area contributed by atoms with Gasteiger partial charge in [0.15, 0.2) is 0 Å². The Morgan fingerprint density at radius 2 is 1.71 bits per heavy atom. The van der Waals surface area contributed by atoms with Gasteiger partial charge in [0.2, 0.25) is 0 Å². The predicted octanol–water partition coefficient (Wildman–Crippen LogP) is 4.43. The van der Waals surface area contributed by atoms with Gasteiger partial charge in [-0.15, -0.1) is 0 Å². The first-order valence-corrected chi connectivity index (χ1v) is 8.01. The Hall–Kier alpha value is -1.60. The molecular formula is C20H25N. The topological polar surface area (TPSA) is 26.0 Å². The number of hydrogen-bond acceptors (Lipinski definition) is 1. The van der Waals surface area contributed by atoms with Crippen LogP contribution in [0.25, 0.3) is 0 Å². The van der Waals surface area contributed by atoms with E-state index in [4.69, 9.17) is 5.73 Å². The van der Waals surface area contributed by atoms with Crippen LogP contribution in [0.15, 0.2) is 42.5 Å². The van der Waals surface area contributed by atoms with Crippen molar-refractivity contribution >= 4 is 0 Å². The van der Waals surface area contributed by atoms with Gasteiger partial charge in [0.05, 0.1) is 0 Å². The van der Waals surface area contributed by atoms with E-state index in [0.29, 0.717) is 0 Å². The van der Waals surface area contributed by atoms with Crippen molar-refractivity contribution in [3.8, 4) is 0 Å². The van der Waals surface area contributed by atoms with Gasteiger partial charge in [-0.3, -0.25) is 0 Å². The molecule has 0 spiro atoms. The maximum absolute atomic E-state index is 6.90. The second-order valence-corrected chi connectivity index (χ2v) is 6.69. The minimum Gasteiger partial charge on any atom is -0.321 e. The summed E-state index contributed by atoms with van der Waals surface area (Å²) in [6.07, 6.45) is 5.66. The monoisotopic (exact) mass is 279 g/mol. The lowest BCUT2D eigenvalue weighted by Gasteiger charge is -2.31. The molecule has 3 rings (SSSR count). The first-order chi connectivity index (χ1) is 10.1. The number of hydrogen-bond donors (Lipinski definition) is 1. The van der Waals surface area contributed by atoms with E-state index >= 15 is 0 Å². The molecular weight excluding hydrogens is 254 g/mol. The number of aryl methyl sites for hydroxylation is 3. The van der Waals surface area contributed by atoms with E-state index in [1.165, 1.54) is 47.1 Å². The van der Waals surface area contributed by atoms with Crippen molar-refractivity contribution in [1.82, 2.24) is 0 Å². The summed E-state index contributed by atoms with van der Waals surface area (Å²) in [6, 6.07) is 15.6. The second-order valence-electron chi connectivity index (χ2n) is 6.69. The van der Waals surface area contributed by atoms with Gasteiger partial charge in [-0.1, -0.05) is 60.0 Å². The van der Waals surface area contributed by atoms with Crippen LogP contribution in [0.3, 0.4) is 0 Å². The highest BCUT2D eigenvalue weighted by Gasteiger charge is 2.31. The molecule has 1 aliphatic carbocycles. The standard InChI is InChI=1S/C20H25N/c1-15-11-16(2)13-17(12-15)14-20(21)10-6-5-8-18-7-3-4-9-19(18)20/h3-4,7,9,11-13H,5-6,8,10,14,21H2,1-2H3. The van der Waals surface area contributed by atoms with Crippen LogP contribution < -0.4 is 5.73 Å². The molecule has 0 saturated carbocycles. The Kier molecular flexibility index (Phi) is 3.86. The quantitative estimate of drug-likeness (QED) is 0.809. The zero-order chi connectivity index (χ0) is 14.9. The third kappa shape index (κ3) is 3.03. The summed E-state index contributed by atoms with van der Waals surface area (Å²) in [5.74, 6) is 0. The van der Waals surface area contributed by atoms with Crippen molar-refractivity contribution in [2.24, 2.45) is 5.73 Å². The van der Waals surface area contributed by atoms with Crippen molar-refractivity contribution in [1.29, 1.82) is 0 Å². The van der Waals surface area contributed by atoms with E-state index in [1.54, 1.807) is 0 Å². The average molecular weight is 279 g/mol. The van der Waals surface area contributed by atoms with Crippen LogP contribution in [0.2, 0.25) is 0 Å². The molecule has 2 N–H and O–H groups in total. The molecule has 0 bridgehead atoms.